The first-order valence-corrected chi connectivity index (χ1v) is 7.32. The molecule has 1 heterocycles. The van der Waals surface area contributed by atoms with E-state index in [0.29, 0.717) is 12.1 Å². The second-order valence-electron chi connectivity index (χ2n) is 4.49. The molecule has 0 saturated heterocycles. The highest BCUT2D eigenvalue weighted by Crippen LogP contribution is 2.16. The molecule has 4 nitrogen and oxygen atoms in total. The minimum atomic E-state index is -0.0265. The average molecular weight is 276 g/mol. The maximum atomic E-state index is 11.7. The van der Waals surface area contributed by atoms with Crippen LogP contribution in [0, 0.1) is 0 Å². The van der Waals surface area contributed by atoms with E-state index in [1.807, 2.05) is 52.0 Å². The number of carbonyl (C=O) groups excluding carboxylic acids is 1. The van der Waals surface area contributed by atoms with Crippen molar-refractivity contribution >= 4 is 11.6 Å². The molecular formula is C16H24N2O2. The van der Waals surface area contributed by atoms with Gasteiger partial charge in [0.1, 0.15) is 6.10 Å². The monoisotopic (exact) mass is 276 g/mol. The Labute approximate surface area is 121 Å². The molecule has 1 unspecified atom stereocenters. The van der Waals surface area contributed by atoms with Gasteiger partial charge in [0.05, 0.1) is 5.71 Å². The van der Waals surface area contributed by atoms with Crippen LogP contribution >= 0.6 is 0 Å². The van der Waals surface area contributed by atoms with E-state index in [2.05, 4.69) is 10.5 Å². The summed E-state index contributed by atoms with van der Waals surface area (Å²) >= 11 is 0. The number of nitrogens with zero attached hydrogens (tertiary/aromatic N) is 1. The smallest absolute Gasteiger partial charge is 0.251 e. The van der Waals surface area contributed by atoms with Crippen molar-refractivity contribution < 1.29 is 9.63 Å². The standard InChI is InChI=1S/C14H18N2O2.C2H6/c1-3-8-15-14(17)12-6-4-11(5-7-12)13-9-10(2)18-16-13;1-2/h4-7,10H,3,8-9H2,1-2H3,(H,15,17);1-2H3. The molecule has 0 aromatic heterocycles. The molecule has 1 atom stereocenters. The molecule has 110 valence electrons. The predicted octanol–water partition coefficient (Wildman–Crippen LogP) is 3.37. The maximum absolute atomic E-state index is 11.7. The van der Waals surface area contributed by atoms with E-state index in [9.17, 15) is 4.79 Å². The van der Waals surface area contributed by atoms with E-state index in [-0.39, 0.29) is 12.0 Å². The molecule has 20 heavy (non-hydrogen) atoms. The van der Waals surface area contributed by atoms with Gasteiger partial charge < -0.3 is 10.2 Å². The van der Waals surface area contributed by atoms with E-state index in [1.165, 1.54) is 0 Å². The Morgan fingerprint density at radius 3 is 2.50 bits per heavy atom. The molecule has 0 fully saturated rings. The average Bonchev–Trinajstić information content (AvgIpc) is 2.93. The molecule has 1 aliphatic rings. The molecule has 1 aromatic rings. The molecule has 0 spiro atoms. The van der Waals surface area contributed by atoms with Crippen molar-refractivity contribution in [3.63, 3.8) is 0 Å². The first-order valence-electron chi connectivity index (χ1n) is 7.32. The highest BCUT2D eigenvalue weighted by atomic mass is 16.6. The van der Waals surface area contributed by atoms with Gasteiger partial charge in [0.15, 0.2) is 0 Å². The van der Waals surface area contributed by atoms with Crippen LogP contribution in [0.25, 0.3) is 0 Å². The number of rotatable bonds is 4. The second-order valence-corrected chi connectivity index (χ2v) is 4.49. The maximum Gasteiger partial charge on any atom is 0.251 e. The summed E-state index contributed by atoms with van der Waals surface area (Å²) in [6.07, 6.45) is 1.91. The number of hydrogen-bond acceptors (Lipinski definition) is 3. The summed E-state index contributed by atoms with van der Waals surface area (Å²) in [5, 5.41) is 6.88. The molecule has 2 rings (SSSR count). The van der Waals surface area contributed by atoms with E-state index >= 15 is 0 Å². The van der Waals surface area contributed by atoms with Gasteiger partial charge in [0.25, 0.3) is 5.91 Å². The van der Waals surface area contributed by atoms with Crippen LogP contribution in [0.4, 0.5) is 0 Å². The zero-order valence-corrected chi connectivity index (χ0v) is 12.8. The van der Waals surface area contributed by atoms with Gasteiger partial charge in [-0.15, -0.1) is 0 Å². The lowest BCUT2D eigenvalue weighted by atomic mass is 10.0. The Kier molecular flexibility index (Phi) is 6.77. The molecule has 1 aliphatic heterocycles. The second kappa shape index (κ2) is 8.35. The fraction of sp³-hybridized carbons (Fsp3) is 0.500. The van der Waals surface area contributed by atoms with E-state index in [4.69, 9.17) is 4.84 Å². The van der Waals surface area contributed by atoms with Gasteiger partial charge >= 0.3 is 0 Å². The third-order valence-electron chi connectivity index (χ3n) is 2.84. The van der Waals surface area contributed by atoms with Crippen LogP contribution < -0.4 is 5.32 Å². The quantitative estimate of drug-likeness (QED) is 0.916. The zero-order chi connectivity index (χ0) is 15.0. The largest absolute Gasteiger partial charge is 0.392 e. The van der Waals surface area contributed by atoms with Crippen LogP contribution in [-0.4, -0.2) is 24.3 Å². The van der Waals surface area contributed by atoms with Crippen LogP contribution in [0.5, 0.6) is 0 Å². The van der Waals surface area contributed by atoms with Gasteiger partial charge in [0, 0.05) is 18.5 Å². The lowest BCUT2D eigenvalue weighted by Crippen LogP contribution is -2.23. The lowest BCUT2D eigenvalue weighted by molar-refractivity contribution is 0.0953. The minimum Gasteiger partial charge on any atom is -0.392 e. The molecule has 0 saturated carbocycles. The lowest BCUT2D eigenvalue weighted by Gasteiger charge is -2.04. The van der Waals surface area contributed by atoms with Crippen molar-refractivity contribution in [2.75, 3.05) is 6.54 Å². The molecular weight excluding hydrogens is 252 g/mol. The Morgan fingerprint density at radius 2 is 2.00 bits per heavy atom. The Hall–Kier alpha value is -1.84. The number of oxime groups is 1. The number of carbonyl (C=O) groups is 1. The summed E-state index contributed by atoms with van der Waals surface area (Å²) in [5.41, 5.74) is 2.65. The van der Waals surface area contributed by atoms with Gasteiger partial charge in [-0.2, -0.15) is 0 Å². The van der Waals surface area contributed by atoms with E-state index in [1.54, 1.807) is 0 Å². The van der Waals surface area contributed by atoms with Crippen molar-refractivity contribution in [2.45, 2.75) is 46.6 Å². The van der Waals surface area contributed by atoms with Gasteiger partial charge in [-0.25, -0.2) is 0 Å². The molecule has 0 bridgehead atoms. The Bertz CT molecular complexity index is 452. The van der Waals surface area contributed by atoms with Crippen molar-refractivity contribution in [2.24, 2.45) is 5.16 Å². The summed E-state index contributed by atoms with van der Waals surface area (Å²) < 4.78 is 0. The molecule has 1 amide bonds. The first-order chi connectivity index (χ1) is 9.70. The molecule has 4 heteroatoms. The number of amides is 1. The highest BCUT2D eigenvalue weighted by molar-refractivity contribution is 6.02. The van der Waals surface area contributed by atoms with Gasteiger partial charge in [-0.05, 0) is 31.0 Å². The van der Waals surface area contributed by atoms with Gasteiger partial charge in [0.2, 0.25) is 0 Å². The molecule has 0 radical (unpaired) electrons. The van der Waals surface area contributed by atoms with Crippen LogP contribution in [0.2, 0.25) is 0 Å². The van der Waals surface area contributed by atoms with E-state index < -0.39 is 0 Å². The summed E-state index contributed by atoms with van der Waals surface area (Å²) in [4.78, 5) is 16.9. The summed E-state index contributed by atoms with van der Waals surface area (Å²) in [7, 11) is 0. The van der Waals surface area contributed by atoms with Crippen LogP contribution in [-0.2, 0) is 4.84 Å². The van der Waals surface area contributed by atoms with Crippen LogP contribution in [0.1, 0.15) is 56.5 Å². The van der Waals surface area contributed by atoms with Crippen molar-refractivity contribution in [1.29, 1.82) is 0 Å². The first kappa shape index (κ1) is 16.2. The summed E-state index contributed by atoms with van der Waals surface area (Å²) in [6, 6.07) is 7.49. The molecule has 1 aromatic carbocycles. The Morgan fingerprint density at radius 1 is 1.35 bits per heavy atom. The third-order valence-corrected chi connectivity index (χ3v) is 2.84. The molecule has 0 aliphatic carbocycles. The normalized spacial score (nSPS) is 16.6. The highest BCUT2D eigenvalue weighted by Gasteiger charge is 2.17. The minimum absolute atomic E-state index is 0.0265. The van der Waals surface area contributed by atoms with Crippen molar-refractivity contribution in [1.82, 2.24) is 5.32 Å². The van der Waals surface area contributed by atoms with Gasteiger partial charge in [-0.3, -0.25) is 4.79 Å². The SMILES string of the molecule is CC.CCCNC(=O)c1ccc(C2=NOC(C)C2)cc1. The topological polar surface area (TPSA) is 50.7 Å². The third kappa shape index (κ3) is 4.37. The van der Waals surface area contributed by atoms with E-state index in [0.717, 1.165) is 24.1 Å². The fourth-order valence-electron chi connectivity index (χ4n) is 1.83. The van der Waals surface area contributed by atoms with Crippen molar-refractivity contribution in [3.8, 4) is 0 Å². The van der Waals surface area contributed by atoms with Gasteiger partial charge in [-0.1, -0.05) is 38.1 Å². The zero-order valence-electron chi connectivity index (χ0n) is 12.8. The van der Waals surface area contributed by atoms with Crippen molar-refractivity contribution in [3.05, 3.63) is 35.4 Å². The Balaban J connectivity index is 0.000000956. The predicted molar refractivity (Wildman–Crippen MR) is 82.1 cm³/mol. The molecule has 1 N–H and O–H groups in total. The van der Waals surface area contributed by atoms with Crippen LogP contribution in [0.15, 0.2) is 29.4 Å². The summed E-state index contributed by atoms with van der Waals surface area (Å²) in [6.45, 7) is 8.73. The number of nitrogens with one attached hydrogen (secondary N) is 1. The fourth-order valence-corrected chi connectivity index (χ4v) is 1.83. The van der Waals surface area contributed by atoms with Crippen LogP contribution in [0.3, 0.4) is 0 Å². The number of benzene rings is 1. The number of hydrogen-bond donors (Lipinski definition) is 1. The summed E-state index contributed by atoms with van der Waals surface area (Å²) in [5.74, 6) is -0.0265.